The van der Waals surface area contributed by atoms with Crippen LogP contribution in [0.2, 0.25) is 5.02 Å². The first-order chi connectivity index (χ1) is 4.75. The summed E-state index contributed by atoms with van der Waals surface area (Å²) in [7, 11) is 0. The maximum absolute atomic E-state index is 12.6. The lowest BCUT2D eigenvalue weighted by Gasteiger charge is -1.98. The van der Waals surface area contributed by atoms with Crippen LogP contribution in [0, 0.1) is 5.82 Å². The summed E-state index contributed by atoms with van der Waals surface area (Å²) in [5.74, 6) is -0.337. The molecule has 0 unspecified atom stereocenters. The van der Waals surface area contributed by atoms with Crippen molar-refractivity contribution in [2.45, 2.75) is 4.43 Å². The Balaban J connectivity index is 3.14. The maximum Gasteiger partial charge on any atom is 0.142 e. The molecule has 0 amide bonds. The molecule has 0 heterocycles. The predicted molar refractivity (Wildman–Crippen MR) is 49.1 cm³/mol. The molecule has 0 bridgehead atoms. The van der Waals surface area contributed by atoms with Gasteiger partial charge in [-0.1, -0.05) is 46.3 Å². The van der Waals surface area contributed by atoms with Gasteiger partial charge in [0.2, 0.25) is 0 Å². The van der Waals surface area contributed by atoms with E-state index in [1.807, 2.05) is 6.07 Å². The van der Waals surface area contributed by atoms with E-state index in [4.69, 9.17) is 11.6 Å². The summed E-state index contributed by atoms with van der Waals surface area (Å²) < 4.78 is 13.4. The minimum absolute atomic E-state index is 0.247. The van der Waals surface area contributed by atoms with E-state index in [0.717, 1.165) is 9.99 Å². The fourth-order valence-corrected chi connectivity index (χ4v) is 1.71. The average Bonchev–Trinajstić information content (AvgIpc) is 1.95. The van der Waals surface area contributed by atoms with Crippen LogP contribution in [0.15, 0.2) is 18.2 Å². The number of benzene rings is 1. The molecule has 0 saturated heterocycles. The molecular weight excluding hydrogens is 265 g/mol. The summed E-state index contributed by atoms with van der Waals surface area (Å²) in [6.07, 6.45) is 0. The van der Waals surface area contributed by atoms with Gasteiger partial charge in [-0.05, 0) is 11.6 Å². The molecule has 0 aliphatic rings. The van der Waals surface area contributed by atoms with Crippen LogP contribution in [0.1, 0.15) is 5.56 Å². The van der Waals surface area contributed by atoms with E-state index in [2.05, 4.69) is 22.6 Å². The third-order valence-corrected chi connectivity index (χ3v) is 2.42. The lowest BCUT2D eigenvalue weighted by atomic mass is 10.2. The fraction of sp³-hybridized carbons (Fsp3) is 0.143. The second-order valence-electron chi connectivity index (χ2n) is 1.85. The molecule has 1 aromatic carbocycles. The van der Waals surface area contributed by atoms with Gasteiger partial charge in [-0.25, -0.2) is 4.39 Å². The highest BCUT2D eigenvalue weighted by Crippen LogP contribution is 2.21. The third kappa shape index (κ3) is 1.61. The van der Waals surface area contributed by atoms with Gasteiger partial charge in [-0.15, -0.1) is 0 Å². The Bertz CT molecular complexity index is 237. The van der Waals surface area contributed by atoms with E-state index >= 15 is 0 Å². The molecule has 10 heavy (non-hydrogen) atoms. The number of halogens is 3. The summed E-state index contributed by atoms with van der Waals surface area (Å²) in [4.78, 5) is 0. The highest BCUT2D eigenvalue weighted by molar-refractivity contribution is 14.1. The predicted octanol–water partition coefficient (Wildman–Crippen LogP) is 3.41. The highest BCUT2D eigenvalue weighted by atomic mass is 127. The summed E-state index contributed by atoms with van der Waals surface area (Å²) in [5.41, 5.74) is 0.849. The molecule has 1 aromatic rings. The molecule has 0 aliphatic heterocycles. The molecule has 0 N–H and O–H groups in total. The van der Waals surface area contributed by atoms with Gasteiger partial charge >= 0.3 is 0 Å². The normalized spacial score (nSPS) is 9.90. The second kappa shape index (κ2) is 3.53. The summed E-state index contributed by atoms with van der Waals surface area (Å²) in [6, 6.07) is 4.84. The number of hydrogen-bond donors (Lipinski definition) is 0. The Morgan fingerprint density at radius 3 is 2.70 bits per heavy atom. The summed E-state index contributed by atoms with van der Waals surface area (Å²) in [5, 5.41) is 0.247. The van der Waals surface area contributed by atoms with Crippen molar-refractivity contribution < 1.29 is 4.39 Å². The Morgan fingerprint density at radius 1 is 1.50 bits per heavy atom. The zero-order chi connectivity index (χ0) is 7.56. The molecule has 54 valence electrons. The second-order valence-corrected chi connectivity index (χ2v) is 2.99. The Hall–Kier alpha value is 0.170. The Labute approximate surface area is 77.5 Å². The van der Waals surface area contributed by atoms with Crippen LogP contribution >= 0.6 is 34.2 Å². The van der Waals surface area contributed by atoms with Crippen molar-refractivity contribution in [1.29, 1.82) is 0 Å². The van der Waals surface area contributed by atoms with Gasteiger partial charge in [0.1, 0.15) is 5.82 Å². The molecule has 0 aromatic heterocycles. The summed E-state index contributed by atoms with van der Waals surface area (Å²) in [6.45, 7) is 0. The SMILES string of the molecule is Fc1cccc(CI)c1Cl. The van der Waals surface area contributed by atoms with Crippen molar-refractivity contribution in [2.75, 3.05) is 0 Å². The quantitative estimate of drug-likeness (QED) is 0.542. The van der Waals surface area contributed by atoms with Crippen molar-refractivity contribution >= 4 is 34.2 Å². The number of alkyl halides is 1. The molecule has 0 saturated carbocycles. The average molecular weight is 270 g/mol. The Kier molecular flexibility index (Phi) is 2.92. The molecule has 1 rings (SSSR count). The van der Waals surface area contributed by atoms with Gasteiger partial charge in [0.25, 0.3) is 0 Å². The van der Waals surface area contributed by atoms with Crippen LogP contribution in [-0.2, 0) is 4.43 Å². The first-order valence-electron chi connectivity index (χ1n) is 2.74. The maximum atomic E-state index is 12.6. The lowest BCUT2D eigenvalue weighted by Crippen LogP contribution is -1.82. The van der Waals surface area contributed by atoms with Gasteiger partial charge < -0.3 is 0 Å². The van der Waals surface area contributed by atoms with E-state index in [9.17, 15) is 4.39 Å². The smallest absolute Gasteiger partial charge is 0.142 e. The van der Waals surface area contributed by atoms with Crippen molar-refractivity contribution in [2.24, 2.45) is 0 Å². The van der Waals surface area contributed by atoms with E-state index in [-0.39, 0.29) is 10.8 Å². The van der Waals surface area contributed by atoms with Crippen molar-refractivity contribution in [1.82, 2.24) is 0 Å². The number of hydrogen-bond acceptors (Lipinski definition) is 0. The number of rotatable bonds is 1. The minimum Gasteiger partial charge on any atom is -0.205 e. The van der Waals surface area contributed by atoms with Crippen LogP contribution in [0.3, 0.4) is 0 Å². The molecule has 0 nitrogen and oxygen atoms in total. The first kappa shape index (κ1) is 8.27. The monoisotopic (exact) mass is 270 g/mol. The van der Waals surface area contributed by atoms with Crippen LogP contribution in [0.4, 0.5) is 4.39 Å². The molecule has 0 radical (unpaired) electrons. The lowest BCUT2D eigenvalue weighted by molar-refractivity contribution is 0.627. The van der Waals surface area contributed by atoms with Gasteiger partial charge in [0.05, 0.1) is 5.02 Å². The van der Waals surface area contributed by atoms with Crippen molar-refractivity contribution in [3.8, 4) is 0 Å². The first-order valence-corrected chi connectivity index (χ1v) is 4.65. The zero-order valence-corrected chi connectivity index (χ0v) is 7.99. The van der Waals surface area contributed by atoms with E-state index < -0.39 is 0 Å². The van der Waals surface area contributed by atoms with Gasteiger partial charge in [0.15, 0.2) is 0 Å². The van der Waals surface area contributed by atoms with E-state index in [1.165, 1.54) is 6.07 Å². The van der Waals surface area contributed by atoms with Gasteiger partial charge in [-0.2, -0.15) is 0 Å². The largest absolute Gasteiger partial charge is 0.205 e. The van der Waals surface area contributed by atoms with E-state index in [0.29, 0.717) is 0 Å². The van der Waals surface area contributed by atoms with Gasteiger partial charge in [0, 0.05) is 4.43 Å². The highest BCUT2D eigenvalue weighted by Gasteiger charge is 2.02. The van der Waals surface area contributed by atoms with Crippen LogP contribution in [0.25, 0.3) is 0 Å². The Morgan fingerprint density at radius 2 is 2.20 bits per heavy atom. The van der Waals surface area contributed by atoms with Crippen molar-refractivity contribution in [3.05, 3.63) is 34.6 Å². The molecule has 0 spiro atoms. The topological polar surface area (TPSA) is 0 Å². The summed E-state index contributed by atoms with van der Waals surface area (Å²) >= 11 is 7.76. The van der Waals surface area contributed by atoms with Crippen molar-refractivity contribution in [3.63, 3.8) is 0 Å². The van der Waals surface area contributed by atoms with Crippen LogP contribution in [-0.4, -0.2) is 0 Å². The standard InChI is InChI=1S/C7H5ClFI/c8-7-5(4-10)2-1-3-6(7)9/h1-3H,4H2. The van der Waals surface area contributed by atoms with Crippen LogP contribution < -0.4 is 0 Å². The molecule has 3 heteroatoms. The third-order valence-electron chi connectivity index (χ3n) is 1.18. The fourth-order valence-electron chi connectivity index (χ4n) is 0.652. The molecule has 0 fully saturated rings. The zero-order valence-electron chi connectivity index (χ0n) is 5.07. The van der Waals surface area contributed by atoms with Crippen LogP contribution in [0.5, 0.6) is 0 Å². The van der Waals surface area contributed by atoms with E-state index in [1.54, 1.807) is 6.07 Å². The van der Waals surface area contributed by atoms with Gasteiger partial charge in [-0.3, -0.25) is 0 Å². The molecule has 0 atom stereocenters. The minimum atomic E-state index is -0.337. The molecular formula is C7H5ClFI. The molecule has 0 aliphatic carbocycles.